The first-order valence-electron chi connectivity index (χ1n) is 8.57. The summed E-state index contributed by atoms with van der Waals surface area (Å²) < 4.78 is 5.01. The van der Waals surface area contributed by atoms with E-state index < -0.39 is 0 Å². The van der Waals surface area contributed by atoms with Crippen molar-refractivity contribution in [3.05, 3.63) is 0 Å². The number of hydrogen-bond donors (Lipinski definition) is 2. The number of piperidine rings is 2. The molecule has 2 saturated heterocycles. The first-order valence-corrected chi connectivity index (χ1v) is 8.57. The molecule has 2 N–H and O–H groups in total. The van der Waals surface area contributed by atoms with Gasteiger partial charge in [0.05, 0.1) is 6.61 Å². The van der Waals surface area contributed by atoms with Gasteiger partial charge in [-0.15, -0.1) is 0 Å². The number of nitrogens with one attached hydrogen (secondary N) is 2. The molecule has 22 heavy (non-hydrogen) atoms. The number of carbonyl (C=O) groups is 2. The van der Waals surface area contributed by atoms with Crippen LogP contribution in [0.15, 0.2) is 0 Å². The quantitative estimate of drug-likeness (QED) is 0.819. The van der Waals surface area contributed by atoms with E-state index >= 15 is 0 Å². The molecule has 2 aliphatic heterocycles. The second-order valence-corrected chi connectivity index (χ2v) is 6.84. The van der Waals surface area contributed by atoms with Crippen molar-refractivity contribution < 1.29 is 14.3 Å². The molecule has 2 heterocycles. The third-order valence-electron chi connectivity index (χ3n) is 5.47. The number of ether oxygens (including phenoxy) is 1. The Morgan fingerprint density at radius 1 is 1.27 bits per heavy atom. The highest BCUT2D eigenvalue weighted by atomic mass is 16.6. The Kier molecular flexibility index (Phi) is 4.57. The summed E-state index contributed by atoms with van der Waals surface area (Å²) in [4.78, 5) is 25.8. The zero-order valence-corrected chi connectivity index (χ0v) is 13.4. The second kappa shape index (κ2) is 6.44. The largest absolute Gasteiger partial charge is 0.450 e. The van der Waals surface area contributed by atoms with Crippen LogP contribution in [0.3, 0.4) is 0 Å². The van der Waals surface area contributed by atoms with Gasteiger partial charge in [-0.1, -0.05) is 0 Å². The molecule has 3 fully saturated rings. The molecule has 0 bridgehead atoms. The van der Waals surface area contributed by atoms with Gasteiger partial charge in [-0.2, -0.15) is 0 Å². The zero-order chi connectivity index (χ0) is 15.6. The van der Waals surface area contributed by atoms with Crippen LogP contribution in [-0.2, 0) is 9.53 Å². The average molecular weight is 309 g/mol. The Balaban J connectivity index is 1.42. The lowest BCUT2D eigenvalue weighted by Crippen LogP contribution is -2.47. The van der Waals surface area contributed by atoms with Gasteiger partial charge in [0.1, 0.15) is 0 Å². The van der Waals surface area contributed by atoms with Crippen LogP contribution in [0.25, 0.3) is 0 Å². The molecule has 1 saturated carbocycles. The van der Waals surface area contributed by atoms with Gasteiger partial charge in [0.2, 0.25) is 5.91 Å². The molecule has 1 aliphatic carbocycles. The molecule has 3 aliphatic rings. The molecule has 1 spiro atoms. The number of hydrogen-bond acceptors (Lipinski definition) is 4. The minimum absolute atomic E-state index is 0.206. The number of rotatable bonds is 3. The number of carbonyl (C=O) groups excluding carboxylic acids is 2. The maximum atomic E-state index is 12.4. The topological polar surface area (TPSA) is 70.7 Å². The molecule has 6 heteroatoms. The standard InChI is InChI=1S/C16H27N3O3/c1-2-22-15(21)19-9-3-12(4-10-19)18-14(20)13-11-16(13)5-7-17-8-6-16/h12-13,17H,2-11H2,1H3,(H,18,20)/t13-/m0/s1. The van der Waals surface area contributed by atoms with Gasteiger partial charge < -0.3 is 20.3 Å². The summed E-state index contributed by atoms with van der Waals surface area (Å²) in [5, 5.41) is 6.57. The SMILES string of the molecule is CCOC(=O)N1CCC(NC(=O)[C@@H]2CC23CCNCC3)CC1. The highest BCUT2D eigenvalue weighted by molar-refractivity contribution is 5.83. The summed E-state index contributed by atoms with van der Waals surface area (Å²) in [7, 11) is 0. The van der Waals surface area contributed by atoms with E-state index in [1.807, 2.05) is 6.92 Å². The van der Waals surface area contributed by atoms with Gasteiger partial charge in [0.15, 0.2) is 0 Å². The summed E-state index contributed by atoms with van der Waals surface area (Å²) >= 11 is 0. The summed E-state index contributed by atoms with van der Waals surface area (Å²) in [6.45, 7) is 5.65. The summed E-state index contributed by atoms with van der Waals surface area (Å²) in [5.41, 5.74) is 0.293. The third kappa shape index (κ3) is 3.21. The van der Waals surface area contributed by atoms with Crippen molar-refractivity contribution in [1.29, 1.82) is 0 Å². The van der Waals surface area contributed by atoms with Crippen LogP contribution < -0.4 is 10.6 Å². The van der Waals surface area contributed by atoms with Crippen LogP contribution in [0.5, 0.6) is 0 Å². The summed E-state index contributed by atoms with van der Waals surface area (Å²) in [5.74, 6) is 0.453. The number of nitrogens with zero attached hydrogens (tertiary/aromatic N) is 1. The van der Waals surface area contributed by atoms with Gasteiger partial charge >= 0.3 is 6.09 Å². The predicted octanol–water partition coefficient (Wildman–Crippen LogP) is 1.11. The Labute approximate surface area is 131 Å². The van der Waals surface area contributed by atoms with E-state index in [1.165, 1.54) is 0 Å². The van der Waals surface area contributed by atoms with Gasteiger partial charge in [-0.3, -0.25) is 4.79 Å². The van der Waals surface area contributed by atoms with Crippen molar-refractivity contribution in [1.82, 2.24) is 15.5 Å². The van der Waals surface area contributed by atoms with Crippen molar-refractivity contribution in [2.24, 2.45) is 11.3 Å². The molecule has 1 atom stereocenters. The van der Waals surface area contributed by atoms with Crippen LogP contribution in [0.4, 0.5) is 4.79 Å². The van der Waals surface area contributed by atoms with Gasteiger partial charge in [0, 0.05) is 25.0 Å². The Morgan fingerprint density at radius 3 is 2.59 bits per heavy atom. The van der Waals surface area contributed by atoms with Crippen molar-refractivity contribution >= 4 is 12.0 Å². The molecule has 2 amide bonds. The van der Waals surface area contributed by atoms with Crippen LogP contribution in [0, 0.1) is 11.3 Å². The van der Waals surface area contributed by atoms with E-state index in [1.54, 1.807) is 4.90 Å². The monoisotopic (exact) mass is 309 g/mol. The molecule has 3 rings (SSSR count). The van der Waals surface area contributed by atoms with Gasteiger partial charge in [-0.05, 0) is 57.5 Å². The zero-order valence-electron chi connectivity index (χ0n) is 13.4. The Morgan fingerprint density at radius 2 is 1.95 bits per heavy atom. The van der Waals surface area contributed by atoms with Crippen molar-refractivity contribution in [2.45, 2.75) is 45.1 Å². The van der Waals surface area contributed by atoms with Crippen molar-refractivity contribution in [3.63, 3.8) is 0 Å². The smallest absolute Gasteiger partial charge is 0.409 e. The predicted molar refractivity (Wildman–Crippen MR) is 82.4 cm³/mol. The third-order valence-corrected chi connectivity index (χ3v) is 5.47. The molecule has 6 nitrogen and oxygen atoms in total. The van der Waals surface area contributed by atoms with E-state index in [0.717, 1.165) is 45.2 Å². The molecular formula is C16H27N3O3. The fourth-order valence-electron chi connectivity index (χ4n) is 3.92. The lowest BCUT2D eigenvalue weighted by atomic mass is 9.91. The minimum atomic E-state index is -0.233. The molecule has 124 valence electrons. The van der Waals surface area contributed by atoms with E-state index in [-0.39, 0.29) is 24.0 Å². The maximum Gasteiger partial charge on any atom is 0.409 e. The normalized spacial score (nSPS) is 27.5. The first kappa shape index (κ1) is 15.6. The Hall–Kier alpha value is -1.30. The number of amides is 2. The van der Waals surface area contributed by atoms with Crippen LogP contribution in [-0.4, -0.2) is 55.7 Å². The molecular weight excluding hydrogens is 282 g/mol. The van der Waals surface area contributed by atoms with Crippen LogP contribution >= 0.6 is 0 Å². The first-order chi connectivity index (χ1) is 10.6. The number of likely N-dealkylation sites (tertiary alicyclic amines) is 1. The van der Waals surface area contributed by atoms with E-state index in [9.17, 15) is 9.59 Å². The van der Waals surface area contributed by atoms with E-state index in [4.69, 9.17) is 4.74 Å². The Bertz CT molecular complexity index is 426. The second-order valence-electron chi connectivity index (χ2n) is 6.84. The van der Waals surface area contributed by atoms with Gasteiger partial charge in [-0.25, -0.2) is 4.79 Å². The molecule has 0 unspecified atom stereocenters. The van der Waals surface area contributed by atoms with Crippen molar-refractivity contribution in [3.8, 4) is 0 Å². The fourth-order valence-corrected chi connectivity index (χ4v) is 3.92. The fraction of sp³-hybridized carbons (Fsp3) is 0.875. The van der Waals surface area contributed by atoms with Crippen LogP contribution in [0.1, 0.15) is 39.0 Å². The highest BCUT2D eigenvalue weighted by Crippen LogP contribution is 2.58. The molecule has 0 aromatic rings. The molecule has 0 aromatic carbocycles. The summed E-state index contributed by atoms with van der Waals surface area (Å²) in [6.07, 6.45) is 4.74. The van der Waals surface area contributed by atoms with E-state index in [0.29, 0.717) is 25.1 Å². The van der Waals surface area contributed by atoms with Gasteiger partial charge in [0.25, 0.3) is 0 Å². The van der Waals surface area contributed by atoms with E-state index in [2.05, 4.69) is 10.6 Å². The highest BCUT2D eigenvalue weighted by Gasteiger charge is 2.57. The lowest BCUT2D eigenvalue weighted by molar-refractivity contribution is -0.124. The van der Waals surface area contributed by atoms with Crippen LogP contribution in [0.2, 0.25) is 0 Å². The molecule has 0 aromatic heterocycles. The van der Waals surface area contributed by atoms with Crippen molar-refractivity contribution in [2.75, 3.05) is 32.8 Å². The maximum absolute atomic E-state index is 12.4. The average Bonchev–Trinajstić information content (AvgIpc) is 3.22. The minimum Gasteiger partial charge on any atom is -0.450 e. The molecule has 0 radical (unpaired) electrons. The lowest BCUT2D eigenvalue weighted by Gasteiger charge is -2.32. The summed E-state index contributed by atoms with van der Waals surface area (Å²) in [6, 6.07) is 0.206.